The molecule has 0 radical (unpaired) electrons. The van der Waals surface area contributed by atoms with Crippen LogP contribution >= 0.6 is 0 Å². The van der Waals surface area contributed by atoms with Crippen LogP contribution in [0.25, 0.3) is 22.1 Å². The number of esters is 1. The molecule has 2 aromatic carbocycles. The molecule has 1 heterocycles. The third kappa shape index (κ3) is 2.75. The van der Waals surface area contributed by atoms with Gasteiger partial charge in [-0.1, -0.05) is 30.3 Å². The molecule has 0 unspecified atom stereocenters. The Morgan fingerprint density at radius 3 is 2.57 bits per heavy atom. The van der Waals surface area contributed by atoms with Crippen molar-refractivity contribution in [2.24, 2.45) is 0 Å². The molecular formula is C19H16O4. The largest absolute Gasteiger partial charge is 0.462 e. The van der Waals surface area contributed by atoms with Crippen molar-refractivity contribution in [3.63, 3.8) is 0 Å². The summed E-state index contributed by atoms with van der Waals surface area (Å²) in [5.74, 6) is 0.0940. The van der Waals surface area contributed by atoms with Crippen LogP contribution in [0.5, 0.6) is 0 Å². The lowest BCUT2D eigenvalue weighted by Crippen LogP contribution is -2.09. The Labute approximate surface area is 133 Å². The van der Waals surface area contributed by atoms with Gasteiger partial charge in [0.2, 0.25) is 5.43 Å². The maximum Gasteiger partial charge on any atom is 0.338 e. The summed E-state index contributed by atoms with van der Waals surface area (Å²) in [7, 11) is 0. The van der Waals surface area contributed by atoms with E-state index in [1.807, 2.05) is 30.3 Å². The van der Waals surface area contributed by atoms with E-state index < -0.39 is 5.97 Å². The van der Waals surface area contributed by atoms with Crippen molar-refractivity contribution in [1.82, 2.24) is 0 Å². The first-order chi connectivity index (χ1) is 11.1. The topological polar surface area (TPSA) is 56.5 Å². The van der Waals surface area contributed by atoms with Crippen LogP contribution in [0, 0.1) is 6.92 Å². The summed E-state index contributed by atoms with van der Waals surface area (Å²) < 4.78 is 10.8. The van der Waals surface area contributed by atoms with E-state index in [-0.39, 0.29) is 5.43 Å². The number of carbonyl (C=O) groups is 1. The van der Waals surface area contributed by atoms with E-state index in [4.69, 9.17) is 9.15 Å². The summed E-state index contributed by atoms with van der Waals surface area (Å²) in [6.45, 7) is 3.79. The van der Waals surface area contributed by atoms with Gasteiger partial charge in [0.25, 0.3) is 0 Å². The molecule has 0 bridgehead atoms. The maximum absolute atomic E-state index is 12.8. The van der Waals surface area contributed by atoms with Crippen LogP contribution in [-0.2, 0) is 4.74 Å². The molecular weight excluding hydrogens is 292 g/mol. The molecule has 0 aliphatic carbocycles. The van der Waals surface area contributed by atoms with E-state index in [1.165, 1.54) is 0 Å². The first-order valence-corrected chi connectivity index (χ1v) is 7.42. The molecule has 0 amide bonds. The van der Waals surface area contributed by atoms with Crippen LogP contribution < -0.4 is 5.43 Å². The van der Waals surface area contributed by atoms with Gasteiger partial charge in [-0.05, 0) is 37.6 Å². The highest BCUT2D eigenvalue weighted by atomic mass is 16.5. The number of hydrogen-bond donors (Lipinski definition) is 0. The Morgan fingerprint density at radius 2 is 1.87 bits per heavy atom. The summed E-state index contributed by atoms with van der Waals surface area (Å²) >= 11 is 0. The van der Waals surface area contributed by atoms with Crippen molar-refractivity contribution < 1.29 is 13.9 Å². The van der Waals surface area contributed by atoms with Crippen LogP contribution in [0.2, 0.25) is 0 Å². The van der Waals surface area contributed by atoms with Crippen molar-refractivity contribution in [2.75, 3.05) is 6.61 Å². The van der Waals surface area contributed by atoms with E-state index in [2.05, 4.69) is 0 Å². The summed E-state index contributed by atoms with van der Waals surface area (Å²) in [5, 5.41) is 0.447. The molecule has 0 saturated heterocycles. The van der Waals surface area contributed by atoms with E-state index in [0.717, 1.165) is 5.56 Å². The third-order valence-corrected chi connectivity index (χ3v) is 3.64. The number of fused-ring (bicyclic) bond motifs is 1. The second-order valence-electron chi connectivity index (χ2n) is 5.16. The van der Waals surface area contributed by atoms with Gasteiger partial charge in [0.1, 0.15) is 11.3 Å². The quantitative estimate of drug-likeness (QED) is 0.688. The molecule has 1 aromatic heterocycles. The van der Waals surface area contributed by atoms with Crippen molar-refractivity contribution in [2.45, 2.75) is 13.8 Å². The van der Waals surface area contributed by atoms with Crippen LogP contribution in [0.3, 0.4) is 0 Å². The van der Waals surface area contributed by atoms with Gasteiger partial charge in [-0.2, -0.15) is 0 Å². The highest BCUT2D eigenvalue weighted by Crippen LogP contribution is 2.24. The normalized spacial score (nSPS) is 10.7. The van der Waals surface area contributed by atoms with Gasteiger partial charge in [0.15, 0.2) is 0 Å². The average Bonchev–Trinajstić information content (AvgIpc) is 2.55. The number of carbonyl (C=O) groups excluding carboxylic acids is 1. The SMILES string of the molecule is CCOC(=O)c1ccc2c(=O)c(-c3ccccc3)c(C)oc2c1. The van der Waals surface area contributed by atoms with Gasteiger partial charge in [-0.25, -0.2) is 4.79 Å². The molecule has 4 nitrogen and oxygen atoms in total. The predicted octanol–water partition coefficient (Wildman–Crippen LogP) is 3.95. The fourth-order valence-corrected chi connectivity index (χ4v) is 2.59. The second kappa shape index (κ2) is 6.08. The average molecular weight is 308 g/mol. The van der Waals surface area contributed by atoms with Crippen LogP contribution in [-0.4, -0.2) is 12.6 Å². The van der Waals surface area contributed by atoms with Crippen molar-refractivity contribution in [3.05, 3.63) is 70.1 Å². The van der Waals surface area contributed by atoms with E-state index in [0.29, 0.717) is 34.5 Å². The molecule has 23 heavy (non-hydrogen) atoms. The minimum atomic E-state index is -0.429. The lowest BCUT2D eigenvalue weighted by Gasteiger charge is -2.08. The number of ether oxygens (including phenoxy) is 1. The Kier molecular flexibility index (Phi) is 3.98. The van der Waals surface area contributed by atoms with Crippen LogP contribution in [0.4, 0.5) is 0 Å². The lowest BCUT2D eigenvalue weighted by molar-refractivity contribution is 0.0526. The molecule has 0 fully saturated rings. The Hall–Kier alpha value is -2.88. The van der Waals surface area contributed by atoms with Crippen molar-refractivity contribution >= 4 is 16.9 Å². The maximum atomic E-state index is 12.8. The molecule has 0 N–H and O–H groups in total. The van der Waals surface area contributed by atoms with Crippen molar-refractivity contribution in [1.29, 1.82) is 0 Å². The zero-order chi connectivity index (χ0) is 16.4. The molecule has 3 aromatic rings. The molecule has 3 rings (SSSR count). The van der Waals surface area contributed by atoms with E-state index >= 15 is 0 Å². The fourth-order valence-electron chi connectivity index (χ4n) is 2.59. The summed E-state index contributed by atoms with van der Waals surface area (Å²) in [6, 6.07) is 14.1. The molecule has 0 aliphatic rings. The monoisotopic (exact) mass is 308 g/mol. The predicted molar refractivity (Wildman–Crippen MR) is 88.6 cm³/mol. The van der Waals surface area contributed by atoms with Gasteiger partial charge in [0, 0.05) is 0 Å². The molecule has 4 heteroatoms. The van der Waals surface area contributed by atoms with Crippen LogP contribution in [0.15, 0.2) is 57.7 Å². The molecule has 0 atom stereocenters. The standard InChI is InChI=1S/C19H16O4/c1-3-22-19(21)14-9-10-15-16(11-14)23-12(2)17(18(15)20)13-7-5-4-6-8-13/h4-11H,3H2,1-2H3. The molecule has 0 spiro atoms. The number of hydrogen-bond acceptors (Lipinski definition) is 4. The first-order valence-electron chi connectivity index (χ1n) is 7.42. The van der Waals surface area contributed by atoms with Gasteiger partial charge in [-0.3, -0.25) is 4.79 Å². The minimum Gasteiger partial charge on any atom is -0.462 e. The van der Waals surface area contributed by atoms with Crippen LogP contribution in [0.1, 0.15) is 23.0 Å². The fraction of sp³-hybridized carbons (Fsp3) is 0.158. The number of rotatable bonds is 3. The van der Waals surface area contributed by atoms with Gasteiger partial charge < -0.3 is 9.15 Å². The summed E-state index contributed by atoms with van der Waals surface area (Å²) in [6.07, 6.45) is 0. The molecule has 116 valence electrons. The highest BCUT2D eigenvalue weighted by molar-refractivity contribution is 5.94. The molecule has 0 saturated carbocycles. The smallest absolute Gasteiger partial charge is 0.338 e. The van der Waals surface area contributed by atoms with Gasteiger partial charge in [-0.15, -0.1) is 0 Å². The second-order valence-corrected chi connectivity index (χ2v) is 5.16. The zero-order valence-corrected chi connectivity index (χ0v) is 13.0. The summed E-state index contributed by atoms with van der Waals surface area (Å²) in [5.41, 5.74) is 2.01. The molecule has 0 aliphatic heterocycles. The minimum absolute atomic E-state index is 0.106. The highest BCUT2D eigenvalue weighted by Gasteiger charge is 2.15. The van der Waals surface area contributed by atoms with E-state index in [9.17, 15) is 9.59 Å². The van der Waals surface area contributed by atoms with E-state index in [1.54, 1.807) is 32.0 Å². The lowest BCUT2D eigenvalue weighted by atomic mass is 10.0. The Balaban J connectivity index is 2.19. The van der Waals surface area contributed by atoms with Crippen molar-refractivity contribution in [3.8, 4) is 11.1 Å². The van der Waals surface area contributed by atoms with Gasteiger partial charge >= 0.3 is 5.97 Å². The van der Waals surface area contributed by atoms with Gasteiger partial charge in [0.05, 0.1) is 23.1 Å². The first kappa shape index (κ1) is 15.0. The Morgan fingerprint density at radius 1 is 1.13 bits per heavy atom. The number of aryl methyl sites for hydroxylation is 1. The Bertz CT molecular complexity index is 923. The zero-order valence-electron chi connectivity index (χ0n) is 13.0. The number of benzene rings is 2. The summed E-state index contributed by atoms with van der Waals surface area (Å²) in [4.78, 5) is 24.6. The third-order valence-electron chi connectivity index (χ3n) is 3.64.